The molecule has 3 aromatic carbocycles. The van der Waals surface area contributed by atoms with Crippen LogP contribution in [0.1, 0.15) is 11.1 Å². The van der Waals surface area contributed by atoms with Gasteiger partial charge in [0, 0.05) is 28.0 Å². The van der Waals surface area contributed by atoms with E-state index in [1.165, 1.54) is 11.1 Å². The number of fused-ring (bicyclic) bond motifs is 2. The number of nitrogens with one attached hydrogen (secondary N) is 2. The molecule has 0 fully saturated rings. The molecule has 0 saturated carbocycles. The van der Waals surface area contributed by atoms with Crippen molar-refractivity contribution in [1.29, 1.82) is 0 Å². The van der Waals surface area contributed by atoms with Gasteiger partial charge in [-0.1, -0.05) is 41.9 Å². The predicted octanol–water partition coefficient (Wildman–Crippen LogP) is 3.94. The highest BCUT2D eigenvalue weighted by Gasteiger charge is 2.19. The molecule has 4 nitrogen and oxygen atoms in total. The molecule has 1 aliphatic rings. The Morgan fingerprint density at radius 3 is 2.64 bits per heavy atom. The Hall–Kier alpha value is -2.08. The molecule has 25 heavy (non-hydrogen) atoms. The van der Waals surface area contributed by atoms with Gasteiger partial charge in [0.25, 0.3) is 10.0 Å². The molecule has 0 bridgehead atoms. The summed E-state index contributed by atoms with van der Waals surface area (Å²) in [6.45, 7) is 1.73. The number of hydrogen-bond donors (Lipinski definition) is 2. The summed E-state index contributed by atoms with van der Waals surface area (Å²) in [7, 11) is -3.71. The van der Waals surface area contributed by atoms with Crippen LogP contribution in [-0.4, -0.2) is 15.0 Å². The highest BCUT2D eigenvalue weighted by Crippen LogP contribution is 2.30. The van der Waals surface area contributed by atoms with Crippen LogP contribution in [0.5, 0.6) is 0 Å². The van der Waals surface area contributed by atoms with Crippen molar-refractivity contribution in [3.63, 3.8) is 0 Å². The van der Waals surface area contributed by atoms with Crippen LogP contribution in [0.25, 0.3) is 10.8 Å². The molecule has 1 heterocycles. The van der Waals surface area contributed by atoms with Crippen LogP contribution < -0.4 is 10.0 Å². The van der Waals surface area contributed by atoms with Crippen LogP contribution >= 0.6 is 11.6 Å². The SMILES string of the molecule is O=S(=O)(Nc1ccc2c(c1)CCNC2)c1cccc2c(Cl)cccc12. The van der Waals surface area contributed by atoms with E-state index in [-0.39, 0.29) is 4.90 Å². The standard InChI is InChI=1S/C19H17ClN2O2S/c20-18-5-1-4-17-16(18)3-2-6-19(17)25(23,24)22-15-8-7-14-12-21-10-9-13(14)11-15/h1-8,11,21-22H,9-10,12H2. The average Bonchev–Trinajstić information content (AvgIpc) is 2.61. The fraction of sp³-hybridized carbons (Fsp3) is 0.158. The first kappa shape index (κ1) is 16.4. The van der Waals surface area contributed by atoms with Crippen molar-refractivity contribution in [3.05, 3.63) is 70.7 Å². The second-order valence-corrected chi connectivity index (χ2v) is 8.16. The van der Waals surface area contributed by atoms with Crippen molar-refractivity contribution < 1.29 is 8.42 Å². The molecule has 3 aromatic rings. The van der Waals surface area contributed by atoms with E-state index in [1.807, 2.05) is 24.3 Å². The van der Waals surface area contributed by atoms with Crippen molar-refractivity contribution in [1.82, 2.24) is 5.32 Å². The third kappa shape index (κ3) is 3.11. The lowest BCUT2D eigenvalue weighted by Crippen LogP contribution is -2.23. The Kier molecular flexibility index (Phi) is 4.15. The van der Waals surface area contributed by atoms with Crippen LogP contribution in [0.4, 0.5) is 5.69 Å². The second-order valence-electron chi connectivity index (χ2n) is 6.11. The molecule has 1 aliphatic heterocycles. The monoisotopic (exact) mass is 372 g/mol. The minimum atomic E-state index is -3.71. The summed E-state index contributed by atoms with van der Waals surface area (Å²) in [5, 5.41) is 5.19. The average molecular weight is 373 g/mol. The van der Waals surface area contributed by atoms with Gasteiger partial charge >= 0.3 is 0 Å². The predicted molar refractivity (Wildman–Crippen MR) is 102 cm³/mol. The largest absolute Gasteiger partial charge is 0.312 e. The Bertz CT molecular complexity index is 1060. The van der Waals surface area contributed by atoms with Crippen LogP contribution in [0.3, 0.4) is 0 Å². The Balaban J connectivity index is 1.75. The first-order chi connectivity index (χ1) is 12.0. The summed E-state index contributed by atoms with van der Waals surface area (Å²) < 4.78 is 28.6. The summed E-state index contributed by atoms with van der Waals surface area (Å²) in [6.07, 6.45) is 0.898. The maximum absolute atomic E-state index is 12.9. The zero-order chi connectivity index (χ0) is 17.4. The zero-order valence-electron chi connectivity index (χ0n) is 13.4. The van der Waals surface area contributed by atoms with Crippen molar-refractivity contribution >= 4 is 38.1 Å². The topological polar surface area (TPSA) is 58.2 Å². The van der Waals surface area contributed by atoms with Gasteiger partial charge in [0.05, 0.1) is 4.90 Å². The van der Waals surface area contributed by atoms with Gasteiger partial charge in [0.15, 0.2) is 0 Å². The minimum absolute atomic E-state index is 0.229. The maximum atomic E-state index is 12.9. The fourth-order valence-corrected chi connectivity index (χ4v) is 4.74. The van der Waals surface area contributed by atoms with Crippen LogP contribution in [0.15, 0.2) is 59.5 Å². The minimum Gasteiger partial charge on any atom is -0.312 e. The van der Waals surface area contributed by atoms with Crippen molar-refractivity contribution in [2.45, 2.75) is 17.9 Å². The van der Waals surface area contributed by atoms with Crippen LogP contribution in [0, 0.1) is 0 Å². The zero-order valence-corrected chi connectivity index (χ0v) is 15.0. The highest BCUT2D eigenvalue weighted by molar-refractivity contribution is 7.93. The van der Waals surface area contributed by atoms with E-state index in [9.17, 15) is 8.42 Å². The quantitative estimate of drug-likeness (QED) is 0.732. The Labute approximate surface area is 151 Å². The van der Waals surface area contributed by atoms with E-state index in [2.05, 4.69) is 10.0 Å². The van der Waals surface area contributed by atoms with Crippen molar-refractivity contribution in [2.75, 3.05) is 11.3 Å². The molecule has 0 atom stereocenters. The van der Waals surface area contributed by atoms with E-state index in [0.717, 1.165) is 24.9 Å². The van der Waals surface area contributed by atoms with Gasteiger partial charge in [-0.3, -0.25) is 4.72 Å². The van der Waals surface area contributed by atoms with E-state index in [1.54, 1.807) is 30.3 Å². The Morgan fingerprint density at radius 2 is 1.76 bits per heavy atom. The summed E-state index contributed by atoms with van der Waals surface area (Å²) in [5.74, 6) is 0. The molecular formula is C19H17ClN2O2S. The fourth-order valence-electron chi connectivity index (χ4n) is 3.23. The molecular weight excluding hydrogens is 356 g/mol. The lowest BCUT2D eigenvalue weighted by molar-refractivity contribution is 0.602. The molecule has 0 unspecified atom stereocenters. The summed E-state index contributed by atoms with van der Waals surface area (Å²) in [5.41, 5.74) is 2.98. The number of anilines is 1. The van der Waals surface area contributed by atoms with Crippen LogP contribution in [-0.2, 0) is 23.0 Å². The van der Waals surface area contributed by atoms with Gasteiger partial charge < -0.3 is 5.32 Å². The molecule has 6 heteroatoms. The summed E-state index contributed by atoms with van der Waals surface area (Å²) >= 11 is 6.20. The lowest BCUT2D eigenvalue weighted by Gasteiger charge is -2.18. The van der Waals surface area contributed by atoms with Gasteiger partial charge in [0.1, 0.15) is 0 Å². The number of hydrogen-bond acceptors (Lipinski definition) is 3. The first-order valence-electron chi connectivity index (χ1n) is 8.07. The third-order valence-corrected chi connectivity index (χ3v) is 6.23. The molecule has 0 aliphatic carbocycles. The maximum Gasteiger partial charge on any atom is 0.262 e. The molecule has 0 spiro atoms. The lowest BCUT2D eigenvalue weighted by atomic mass is 10.0. The molecule has 0 radical (unpaired) electrons. The number of rotatable bonds is 3. The third-order valence-electron chi connectivity index (χ3n) is 4.46. The molecule has 2 N–H and O–H groups in total. The summed E-state index contributed by atoms with van der Waals surface area (Å²) in [6, 6.07) is 16.1. The van der Waals surface area contributed by atoms with Crippen molar-refractivity contribution in [3.8, 4) is 0 Å². The van der Waals surface area contributed by atoms with E-state index in [4.69, 9.17) is 11.6 Å². The van der Waals surface area contributed by atoms with E-state index >= 15 is 0 Å². The van der Waals surface area contributed by atoms with Gasteiger partial charge in [-0.15, -0.1) is 0 Å². The molecule has 0 aromatic heterocycles. The van der Waals surface area contributed by atoms with Gasteiger partial charge in [-0.05, 0) is 48.4 Å². The molecule has 0 saturated heterocycles. The first-order valence-corrected chi connectivity index (χ1v) is 9.93. The number of halogens is 1. The van der Waals surface area contributed by atoms with Gasteiger partial charge in [-0.2, -0.15) is 0 Å². The van der Waals surface area contributed by atoms with Crippen molar-refractivity contribution in [2.24, 2.45) is 0 Å². The number of benzene rings is 3. The molecule has 128 valence electrons. The van der Waals surface area contributed by atoms with E-state index in [0.29, 0.717) is 16.1 Å². The molecule has 4 rings (SSSR count). The second kappa shape index (κ2) is 6.33. The molecule has 0 amide bonds. The van der Waals surface area contributed by atoms with Gasteiger partial charge in [-0.25, -0.2) is 8.42 Å². The van der Waals surface area contributed by atoms with Crippen LogP contribution in [0.2, 0.25) is 5.02 Å². The normalized spacial score (nSPS) is 14.3. The highest BCUT2D eigenvalue weighted by atomic mass is 35.5. The summed E-state index contributed by atoms with van der Waals surface area (Å²) in [4.78, 5) is 0.229. The smallest absolute Gasteiger partial charge is 0.262 e. The number of sulfonamides is 1. The van der Waals surface area contributed by atoms with E-state index < -0.39 is 10.0 Å². The van der Waals surface area contributed by atoms with Gasteiger partial charge in [0.2, 0.25) is 0 Å². The Morgan fingerprint density at radius 1 is 0.960 bits per heavy atom.